The second-order valence-electron chi connectivity index (χ2n) is 3.61. The molecule has 0 fully saturated rings. The third-order valence-electron chi connectivity index (χ3n) is 2.07. The van der Waals surface area contributed by atoms with E-state index in [0.29, 0.717) is 12.6 Å². The highest BCUT2D eigenvalue weighted by Crippen LogP contribution is 2.46. The van der Waals surface area contributed by atoms with Crippen molar-refractivity contribution in [1.29, 1.82) is 0 Å². The largest absolute Gasteiger partial charge is 0.439 e. The van der Waals surface area contributed by atoms with E-state index < -0.39 is 21.8 Å². The third-order valence-corrected chi connectivity index (χ3v) is 3.20. The third kappa shape index (κ3) is 4.07. The Morgan fingerprint density at radius 3 is 2.40 bits per heavy atom. The summed E-state index contributed by atoms with van der Waals surface area (Å²) in [6.45, 7) is 3.85. The van der Waals surface area contributed by atoms with Crippen LogP contribution in [0.25, 0.3) is 0 Å². The van der Waals surface area contributed by atoms with Gasteiger partial charge in [-0.25, -0.2) is 0 Å². The molecule has 1 aromatic rings. The van der Waals surface area contributed by atoms with E-state index in [2.05, 4.69) is 10.5 Å². The molecule has 0 atom stereocenters. The van der Waals surface area contributed by atoms with Gasteiger partial charge in [0.2, 0.25) is 5.90 Å². The Morgan fingerprint density at radius 1 is 1.30 bits per heavy atom. The van der Waals surface area contributed by atoms with Crippen LogP contribution in [0.3, 0.4) is 0 Å². The van der Waals surface area contributed by atoms with Gasteiger partial charge < -0.3 is 10.2 Å². The first kappa shape index (κ1) is 17.2. The molecule has 1 rings (SSSR count). The minimum Gasteiger partial charge on any atom is -0.439 e. The fraction of sp³-hybridized carbons (Fsp3) is 0.364. The average Bonchev–Trinajstić information content (AvgIpc) is 2.35. The topological polar surface area (TPSA) is 33.6 Å². The fourth-order valence-corrected chi connectivity index (χ4v) is 2.02. The van der Waals surface area contributed by atoms with Crippen molar-refractivity contribution in [1.82, 2.24) is 5.43 Å². The normalized spacial score (nSPS) is 12.5. The van der Waals surface area contributed by atoms with Crippen LogP contribution < -0.4 is 10.2 Å². The van der Waals surface area contributed by atoms with Crippen LogP contribution in [0, 0.1) is 0 Å². The summed E-state index contributed by atoms with van der Waals surface area (Å²) in [5, 5.41) is 2.38. The second kappa shape index (κ2) is 6.74. The number of hydrogen-bond donors (Lipinski definition) is 1. The summed E-state index contributed by atoms with van der Waals surface area (Å²) >= 11 is 17.1. The van der Waals surface area contributed by atoms with E-state index in [-0.39, 0.29) is 16.7 Å². The molecule has 0 radical (unpaired) electrons. The van der Waals surface area contributed by atoms with E-state index in [1.165, 1.54) is 6.92 Å². The van der Waals surface area contributed by atoms with Gasteiger partial charge in [-0.15, -0.1) is 5.10 Å². The lowest BCUT2D eigenvalue weighted by Gasteiger charge is -2.15. The molecule has 0 saturated carbocycles. The molecule has 20 heavy (non-hydrogen) atoms. The summed E-state index contributed by atoms with van der Waals surface area (Å²) in [6.07, 6.45) is -4.66. The molecule has 0 aromatic heterocycles. The number of hydrazone groups is 1. The van der Waals surface area contributed by atoms with Gasteiger partial charge in [-0.3, -0.25) is 0 Å². The molecule has 0 spiro atoms. The van der Waals surface area contributed by atoms with Gasteiger partial charge in [0.1, 0.15) is 5.02 Å². The smallest absolute Gasteiger partial charge is 0.417 e. The Labute approximate surface area is 128 Å². The van der Waals surface area contributed by atoms with Crippen molar-refractivity contribution in [2.75, 3.05) is 6.54 Å². The standard InChI is InChI=1S/C11H10Cl3F3N2O/c1-3-18-19-5(2)20-10-7(12)4-6(11(15,16)17)8(13)9(10)14/h4,18H,3H2,1-2H3. The van der Waals surface area contributed by atoms with E-state index in [1.54, 1.807) is 0 Å². The van der Waals surface area contributed by atoms with E-state index in [4.69, 9.17) is 39.5 Å². The van der Waals surface area contributed by atoms with Crippen molar-refractivity contribution in [3.05, 3.63) is 26.7 Å². The minimum atomic E-state index is -4.66. The lowest BCUT2D eigenvalue weighted by atomic mass is 10.2. The molecule has 0 bridgehead atoms. The Kier molecular flexibility index (Phi) is 5.79. The summed E-state index contributed by atoms with van der Waals surface area (Å²) in [5.74, 6) is -0.0445. The lowest BCUT2D eigenvalue weighted by molar-refractivity contribution is -0.137. The fourth-order valence-electron chi connectivity index (χ4n) is 1.24. The van der Waals surface area contributed by atoms with Gasteiger partial charge in [-0.1, -0.05) is 34.8 Å². The SMILES string of the molecule is CCNN=C(C)Oc1c(Cl)cc(C(F)(F)F)c(Cl)c1Cl. The molecule has 1 aromatic carbocycles. The molecular formula is C11H10Cl3F3N2O. The molecule has 3 nitrogen and oxygen atoms in total. The summed E-state index contributed by atoms with van der Waals surface area (Å²) in [4.78, 5) is 0. The van der Waals surface area contributed by atoms with Gasteiger partial charge in [0.05, 0.1) is 15.6 Å². The van der Waals surface area contributed by atoms with Crippen LogP contribution in [0.5, 0.6) is 5.75 Å². The first-order valence-electron chi connectivity index (χ1n) is 5.38. The molecule has 9 heteroatoms. The maximum absolute atomic E-state index is 12.7. The van der Waals surface area contributed by atoms with Gasteiger partial charge in [0.25, 0.3) is 0 Å². The Hall–Kier alpha value is -0.850. The predicted octanol–water partition coefficient (Wildman–Crippen LogP) is 4.99. The molecule has 1 N–H and O–H groups in total. The quantitative estimate of drug-likeness (QED) is 0.361. The van der Waals surface area contributed by atoms with E-state index in [1.807, 2.05) is 6.92 Å². The molecule has 112 valence electrons. The maximum atomic E-state index is 12.7. The number of ether oxygens (including phenoxy) is 1. The van der Waals surface area contributed by atoms with Crippen LogP contribution in [0.4, 0.5) is 13.2 Å². The number of rotatable bonds is 3. The number of nitrogens with zero attached hydrogens (tertiary/aromatic N) is 1. The van der Waals surface area contributed by atoms with E-state index in [0.717, 1.165) is 0 Å². The molecule has 0 heterocycles. The lowest BCUT2D eigenvalue weighted by Crippen LogP contribution is -2.13. The molecule has 0 aliphatic carbocycles. The first-order chi connectivity index (χ1) is 9.18. The zero-order chi connectivity index (χ0) is 15.5. The predicted molar refractivity (Wildman–Crippen MR) is 73.9 cm³/mol. The summed E-state index contributed by atoms with van der Waals surface area (Å²) in [5.41, 5.74) is 1.50. The van der Waals surface area contributed by atoms with Crippen molar-refractivity contribution >= 4 is 40.7 Å². The van der Waals surface area contributed by atoms with Crippen molar-refractivity contribution in [2.24, 2.45) is 5.10 Å². The highest BCUT2D eigenvalue weighted by molar-refractivity contribution is 6.45. The van der Waals surface area contributed by atoms with Gasteiger partial charge >= 0.3 is 6.18 Å². The molecule has 0 amide bonds. The summed E-state index contributed by atoms with van der Waals surface area (Å²) < 4.78 is 43.3. The van der Waals surface area contributed by atoms with Crippen LogP contribution in [0.2, 0.25) is 15.1 Å². The zero-order valence-corrected chi connectivity index (χ0v) is 12.7. The van der Waals surface area contributed by atoms with Crippen LogP contribution in [-0.2, 0) is 6.18 Å². The molecule has 0 saturated heterocycles. The number of benzene rings is 1. The Morgan fingerprint density at radius 2 is 1.90 bits per heavy atom. The monoisotopic (exact) mass is 348 g/mol. The van der Waals surface area contributed by atoms with Gasteiger partial charge in [-0.05, 0) is 13.0 Å². The molecule has 0 aliphatic heterocycles. The Balaban J connectivity index is 3.21. The van der Waals surface area contributed by atoms with Gasteiger partial charge in [-0.2, -0.15) is 13.2 Å². The Bertz CT molecular complexity index is 533. The van der Waals surface area contributed by atoms with Crippen LogP contribution in [0.15, 0.2) is 11.2 Å². The molecular weight excluding hydrogens is 339 g/mol. The molecule has 0 unspecified atom stereocenters. The minimum absolute atomic E-state index is 0.131. The van der Waals surface area contributed by atoms with Gasteiger partial charge in [0, 0.05) is 13.5 Å². The van der Waals surface area contributed by atoms with Gasteiger partial charge in [0.15, 0.2) is 5.75 Å². The summed E-state index contributed by atoms with van der Waals surface area (Å²) in [6, 6.07) is 0.658. The van der Waals surface area contributed by atoms with Crippen molar-refractivity contribution in [3.8, 4) is 5.75 Å². The molecule has 0 aliphatic rings. The number of nitrogens with one attached hydrogen (secondary N) is 1. The van der Waals surface area contributed by atoms with E-state index >= 15 is 0 Å². The van der Waals surface area contributed by atoms with Crippen LogP contribution >= 0.6 is 34.8 Å². The number of hydrogen-bond acceptors (Lipinski definition) is 3. The highest BCUT2D eigenvalue weighted by Gasteiger charge is 2.36. The van der Waals surface area contributed by atoms with Crippen molar-refractivity contribution in [3.63, 3.8) is 0 Å². The summed E-state index contributed by atoms with van der Waals surface area (Å²) in [7, 11) is 0. The van der Waals surface area contributed by atoms with Crippen molar-refractivity contribution in [2.45, 2.75) is 20.0 Å². The average molecular weight is 350 g/mol. The van der Waals surface area contributed by atoms with E-state index in [9.17, 15) is 13.2 Å². The second-order valence-corrected chi connectivity index (χ2v) is 4.77. The maximum Gasteiger partial charge on any atom is 0.417 e. The number of alkyl halides is 3. The first-order valence-corrected chi connectivity index (χ1v) is 6.51. The van der Waals surface area contributed by atoms with Crippen molar-refractivity contribution < 1.29 is 17.9 Å². The number of halogens is 6. The van der Waals surface area contributed by atoms with Crippen LogP contribution in [0.1, 0.15) is 19.4 Å². The highest BCUT2D eigenvalue weighted by atomic mass is 35.5. The van der Waals surface area contributed by atoms with Crippen LogP contribution in [-0.4, -0.2) is 12.4 Å². The zero-order valence-electron chi connectivity index (χ0n) is 10.4.